The van der Waals surface area contributed by atoms with Crippen LogP contribution >= 0.6 is 0 Å². The number of aromatic hydroxyl groups is 1. The Labute approximate surface area is 188 Å². The van der Waals surface area contributed by atoms with E-state index in [1.54, 1.807) is 32.4 Å². The van der Waals surface area contributed by atoms with Crippen molar-refractivity contribution in [1.82, 2.24) is 4.90 Å². The third-order valence-corrected chi connectivity index (χ3v) is 7.01. The Hall–Kier alpha value is -2.99. The molecule has 0 aromatic heterocycles. The van der Waals surface area contributed by atoms with Crippen molar-refractivity contribution >= 4 is 12.0 Å². The van der Waals surface area contributed by atoms with Crippen LogP contribution in [0.3, 0.4) is 0 Å². The van der Waals surface area contributed by atoms with E-state index in [-0.39, 0.29) is 23.9 Å². The Bertz CT molecular complexity index is 1060. The second-order valence-electron chi connectivity index (χ2n) is 8.84. The molecule has 6 heteroatoms. The topological polar surface area (TPSA) is 68.2 Å². The number of carbonyl (C=O) groups is 1. The molecule has 3 atom stereocenters. The van der Waals surface area contributed by atoms with Crippen molar-refractivity contribution in [3.8, 4) is 28.4 Å². The molecule has 1 N–H and O–H groups in total. The molecule has 3 aliphatic rings. The molecule has 2 fully saturated rings. The SMILES string of the molecule is COc1cc2c(cc1OC)[C@H]1C[C@H](C[C@H]3CCCCN31)OC(=O)C=Cc1ccc(O)c-2c1. The Kier molecular flexibility index (Phi) is 5.55. The molecule has 2 aromatic rings. The van der Waals surface area contributed by atoms with Gasteiger partial charge in [0.05, 0.1) is 14.2 Å². The molecule has 2 saturated heterocycles. The second kappa shape index (κ2) is 8.51. The van der Waals surface area contributed by atoms with E-state index in [2.05, 4.69) is 4.90 Å². The maximum atomic E-state index is 12.5. The van der Waals surface area contributed by atoms with Crippen LogP contribution in [0.2, 0.25) is 0 Å². The van der Waals surface area contributed by atoms with Crippen LogP contribution in [0.4, 0.5) is 0 Å². The van der Waals surface area contributed by atoms with Crippen LogP contribution in [-0.2, 0) is 9.53 Å². The first kappa shape index (κ1) is 20.9. The van der Waals surface area contributed by atoms with Gasteiger partial charge >= 0.3 is 5.97 Å². The summed E-state index contributed by atoms with van der Waals surface area (Å²) in [5.41, 5.74) is 3.51. The molecule has 6 nitrogen and oxygen atoms in total. The zero-order chi connectivity index (χ0) is 22.2. The third-order valence-electron chi connectivity index (χ3n) is 7.01. The largest absolute Gasteiger partial charge is 0.507 e. The van der Waals surface area contributed by atoms with Gasteiger partial charge in [0.2, 0.25) is 0 Å². The number of phenolic OH excluding ortho intramolecular Hbond substituents is 1. The van der Waals surface area contributed by atoms with E-state index in [1.165, 1.54) is 12.5 Å². The molecular formula is C26H29NO5. The maximum Gasteiger partial charge on any atom is 0.331 e. The minimum Gasteiger partial charge on any atom is -0.507 e. The lowest BCUT2D eigenvalue weighted by molar-refractivity contribution is -0.148. The van der Waals surface area contributed by atoms with Crippen molar-refractivity contribution in [3.05, 3.63) is 47.5 Å². The van der Waals surface area contributed by atoms with Gasteiger partial charge in [0.1, 0.15) is 11.9 Å². The number of esters is 1. The first-order valence-corrected chi connectivity index (χ1v) is 11.3. The molecule has 168 valence electrons. The predicted molar refractivity (Wildman–Crippen MR) is 122 cm³/mol. The zero-order valence-corrected chi connectivity index (χ0v) is 18.5. The molecule has 0 saturated carbocycles. The fraction of sp³-hybridized carbons (Fsp3) is 0.423. The highest BCUT2D eigenvalue weighted by atomic mass is 16.5. The molecule has 0 amide bonds. The molecule has 3 aliphatic heterocycles. The summed E-state index contributed by atoms with van der Waals surface area (Å²) in [6.07, 6.45) is 8.08. The first-order valence-electron chi connectivity index (χ1n) is 11.3. The molecule has 32 heavy (non-hydrogen) atoms. The fourth-order valence-electron chi connectivity index (χ4n) is 5.52. The standard InChI is InChI=1S/C26H29NO5/c1-30-24-14-19-20(15-25(24)31-2)22-13-18(12-17-5-3-4-10-27(17)22)32-26(29)9-7-16-6-8-23(28)21(19)11-16/h6-9,11,14-15,17-18,22,28H,3-5,10,12-13H2,1-2H3/t17-,18+,22-/m1/s1. The predicted octanol–water partition coefficient (Wildman–Crippen LogP) is 4.70. The van der Waals surface area contributed by atoms with Gasteiger partial charge in [0.15, 0.2) is 11.5 Å². The molecule has 3 heterocycles. The van der Waals surface area contributed by atoms with Gasteiger partial charge in [-0.1, -0.05) is 12.5 Å². The maximum absolute atomic E-state index is 12.5. The quantitative estimate of drug-likeness (QED) is 0.690. The molecule has 0 unspecified atom stereocenters. The molecule has 0 radical (unpaired) electrons. The number of piperidine rings is 2. The average molecular weight is 436 g/mol. The highest BCUT2D eigenvalue weighted by Gasteiger charge is 2.40. The van der Waals surface area contributed by atoms with Gasteiger partial charge in [0.25, 0.3) is 0 Å². The highest BCUT2D eigenvalue weighted by molar-refractivity contribution is 5.88. The molecule has 0 aliphatic carbocycles. The number of ether oxygens (including phenoxy) is 3. The van der Waals surface area contributed by atoms with Crippen molar-refractivity contribution in [2.75, 3.05) is 20.8 Å². The summed E-state index contributed by atoms with van der Waals surface area (Å²) in [5, 5.41) is 10.8. The van der Waals surface area contributed by atoms with Gasteiger partial charge in [-0.25, -0.2) is 4.79 Å². The molecule has 4 bridgehead atoms. The lowest BCUT2D eigenvalue weighted by atomic mass is 9.81. The smallest absolute Gasteiger partial charge is 0.331 e. The van der Waals surface area contributed by atoms with E-state index < -0.39 is 0 Å². The van der Waals surface area contributed by atoms with Gasteiger partial charge in [-0.15, -0.1) is 0 Å². The molecule has 2 aromatic carbocycles. The van der Waals surface area contributed by atoms with Gasteiger partial charge in [0, 0.05) is 36.6 Å². The second-order valence-corrected chi connectivity index (χ2v) is 8.84. The summed E-state index contributed by atoms with van der Waals surface area (Å²) >= 11 is 0. The van der Waals surface area contributed by atoms with Crippen LogP contribution in [0, 0.1) is 0 Å². The van der Waals surface area contributed by atoms with Crippen molar-refractivity contribution < 1.29 is 24.1 Å². The number of phenols is 1. The summed E-state index contributed by atoms with van der Waals surface area (Å²) < 4.78 is 17.2. The Morgan fingerprint density at radius 3 is 2.62 bits per heavy atom. The van der Waals surface area contributed by atoms with Crippen molar-refractivity contribution in [3.63, 3.8) is 0 Å². The monoisotopic (exact) mass is 435 g/mol. The summed E-state index contributed by atoms with van der Waals surface area (Å²) in [5.74, 6) is 1.15. The number of carbonyl (C=O) groups excluding carboxylic acids is 1. The minimum atomic E-state index is -0.319. The summed E-state index contributed by atoms with van der Waals surface area (Å²) in [6.45, 7) is 1.01. The third kappa shape index (κ3) is 3.73. The molecule has 5 rings (SSSR count). The number of benzene rings is 2. The zero-order valence-electron chi connectivity index (χ0n) is 18.5. The normalized spacial score (nSPS) is 24.9. The highest BCUT2D eigenvalue weighted by Crippen LogP contribution is 2.47. The van der Waals surface area contributed by atoms with Crippen LogP contribution in [0.25, 0.3) is 17.2 Å². The van der Waals surface area contributed by atoms with Crippen LogP contribution in [0.1, 0.15) is 49.3 Å². The number of nitrogens with zero attached hydrogens (tertiary/aromatic N) is 1. The van der Waals surface area contributed by atoms with Crippen LogP contribution < -0.4 is 9.47 Å². The number of rotatable bonds is 2. The minimum absolute atomic E-state index is 0.0492. The Balaban J connectivity index is 1.76. The van der Waals surface area contributed by atoms with E-state index in [0.717, 1.165) is 42.5 Å². The molecular weight excluding hydrogens is 406 g/mol. The number of hydrogen-bond acceptors (Lipinski definition) is 6. The van der Waals surface area contributed by atoms with Crippen LogP contribution in [0.5, 0.6) is 17.2 Å². The van der Waals surface area contributed by atoms with E-state index in [1.807, 2.05) is 18.2 Å². The van der Waals surface area contributed by atoms with Crippen molar-refractivity contribution in [2.24, 2.45) is 0 Å². The van der Waals surface area contributed by atoms with E-state index in [9.17, 15) is 9.90 Å². The number of methoxy groups -OCH3 is 2. The van der Waals surface area contributed by atoms with E-state index >= 15 is 0 Å². The lowest BCUT2D eigenvalue weighted by Crippen LogP contribution is -2.49. The van der Waals surface area contributed by atoms with Crippen LogP contribution in [0.15, 0.2) is 36.4 Å². The van der Waals surface area contributed by atoms with Crippen LogP contribution in [-0.4, -0.2) is 48.9 Å². The van der Waals surface area contributed by atoms with Crippen molar-refractivity contribution in [2.45, 2.75) is 50.3 Å². The molecule has 0 spiro atoms. The lowest BCUT2D eigenvalue weighted by Gasteiger charge is -2.48. The van der Waals surface area contributed by atoms with E-state index in [4.69, 9.17) is 14.2 Å². The summed E-state index contributed by atoms with van der Waals surface area (Å²) in [4.78, 5) is 15.1. The Morgan fingerprint density at radius 2 is 1.81 bits per heavy atom. The summed E-state index contributed by atoms with van der Waals surface area (Å²) in [7, 11) is 3.26. The summed E-state index contributed by atoms with van der Waals surface area (Å²) in [6, 6.07) is 9.76. The Morgan fingerprint density at radius 1 is 1.00 bits per heavy atom. The van der Waals surface area contributed by atoms with Crippen molar-refractivity contribution in [1.29, 1.82) is 0 Å². The van der Waals surface area contributed by atoms with Gasteiger partial charge in [-0.3, -0.25) is 4.90 Å². The first-order chi connectivity index (χ1) is 15.6. The van der Waals surface area contributed by atoms with Gasteiger partial charge < -0.3 is 19.3 Å². The number of fused-ring (bicyclic) bond motifs is 9. The number of hydrogen-bond donors (Lipinski definition) is 1. The van der Waals surface area contributed by atoms with Gasteiger partial charge in [-0.2, -0.15) is 0 Å². The van der Waals surface area contributed by atoms with Gasteiger partial charge in [-0.05, 0) is 66.4 Å². The average Bonchev–Trinajstić information content (AvgIpc) is 2.81. The fourth-order valence-corrected chi connectivity index (χ4v) is 5.52. The van der Waals surface area contributed by atoms with E-state index in [0.29, 0.717) is 29.5 Å².